The number of nitrogens with one attached hydrogen (secondary N) is 1. The molecule has 0 fully saturated rings. The number of aromatic nitrogens is 1. The van der Waals surface area contributed by atoms with E-state index in [0.717, 1.165) is 79.0 Å². The highest BCUT2D eigenvalue weighted by Crippen LogP contribution is 2.39. The Bertz CT molecular complexity index is 3390. The number of pyridine rings is 1. The van der Waals surface area contributed by atoms with Crippen LogP contribution in [-0.2, 0) is 0 Å². The Morgan fingerprint density at radius 3 is 2.02 bits per heavy atom. The summed E-state index contributed by atoms with van der Waals surface area (Å²) in [6, 6.07) is 61.4. The van der Waals surface area contributed by atoms with Crippen molar-refractivity contribution in [3.63, 3.8) is 0 Å². The van der Waals surface area contributed by atoms with Crippen LogP contribution < -0.4 is 5.32 Å². The van der Waals surface area contributed by atoms with Crippen LogP contribution in [0.3, 0.4) is 0 Å². The summed E-state index contributed by atoms with van der Waals surface area (Å²) < 4.78 is 0. The lowest BCUT2D eigenvalue weighted by Crippen LogP contribution is -2.33. The van der Waals surface area contributed by atoms with Gasteiger partial charge in [-0.3, -0.25) is 4.98 Å². The molecular weight excluding hydrogens is 765 g/mol. The molecule has 4 heteroatoms. The van der Waals surface area contributed by atoms with E-state index in [4.69, 9.17) is 9.98 Å². The molecule has 8 aromatic carbocycles. The lowest BCUT2D eigenvalue weighted by molar-refractivity contribution is 0.673. The van der Waals surface area contributed by atoms with E-state index in [1.807, 2.05) is 12.4 Å². The average Bonchev–Trinajstić information content (AvgIpc) is 3.33. The van der Waals surface area contributed by atoms with Crippen molar-refractivity contribution >= 4 is 44.9 Å². The third-order valence-electron chi connectivity index (χ3n) is 12.4. The van der Waals surface area contributed by atoms with Crippen LogP contribution in [0.4, 0.5) is 0 Å². The Morgan fingerprint density at radius 2 is 1.19 bits per heavy atom. The molecule has 1 N–H and O–H groups in total. The first kappa shape index (κ1) is 38.0. The normalized spacial score (nSPS) is 14.6. The number of benzene rings is 8. The lowest BCUT2D eigenvalue weighted by Gasteiger charge is -2.25. The number of rotatable bonds is 7. The average molecular weight is 809 g/mol. The Morgan fingerprint density at radius 1 is 0.524 bits per heavy atom. The van der Waals surface area contributed by atoms with Crippen molar-refractivity contribution in [3.05, 3.63) is 234 Å². The van der Waals surface area contributed by atoms with Gasteiger partial charge in [-0.15, -0.1) is 0 Å². The molecule has 4 nitrogen and oxygen atoms in total. The molecule has 1 aliphatic heterocycles. The first-order valence-electron chi connectivity index (χ1n) is 21.6. The van der Waals surface area contributed by atoms with Crippen molar-refractivity contribution in [1.82, 2.24) is 10.3 Å². The standard InChI is InChI=1S/C59H44N4/c1-37-12-8-18-45(28-37)57-61-58(46-19-9-13-38(2)29-46)63-59(62-57)50-32-48(31-49(33-50)42-16-11-17-43(30-42)55-36-60-35-47-20-10-14-39(3)56(47)55)40-24-26-41(27-25-40)54-34-44-15-4-5-21-51(44)52-22-6-7-23-53(52)54/h4-13,15-36,57H,3,14H2,1-2H3,(H,61,62,63). The number of fused-ring (bicyclic) bond motifs is 4. The number of nitrogens with zero attached hydrogens (tertiary/aromatic N) is 3. The summed E-state index contributed by atoms with van der Waals surface area (Å²) in [5.74, 6) is 1.48. The molecule has 0 saturated heterocycles. The van der Waals surface area contributed by atoms with Crippen LogP contribution in [0.5, 0.6) is 0 Å². The van der Waals surface area contributed by atoms with Crippen molar-refractivity contribution in [3.8, 4) is 44.5 Å². The summed E-state index contributed by atoms with van der Waals surface area (Å²) in [7, 11) is 0. The summed E-state index contributed by atoms with van der Waals surface area (Å²) in [6.07, 6.45) is 8.74. The van der Waals surface area contributed by atoms with Crippen LogP contribution in [0, 0.1) is 13.8 Å². The van der Waals surface area contributed by atoms with Gasteiger partial charge < -0.3 is 5.32 Å². The van der Waals surface area contributed by atoms with Gasteiger partial charge in [0.25, 0.3) is 0 Å². The van der Waals surface area contributed by atoms with Gasteiger partial charge in [0.1, 0.15) is 12.0 Å². The van der Waals surface area contributed by atoms with E-state index in [-0.39, 0.29) is 6.17 Å². The molecule has 1 unspecified atom stereocenters. The predicted molar refractivity (Wildman–Crippen MR) is 265 cm³/mol. The first-order chi connectivity index (χ1) is 30.9. The molecule has 63 heavy (non-hydrogen) atoms. The zero-order valence-electron chi connectivity index (χ0n) is 35.3. The molecular formula is C59H44N4. The lowest BCUT2D eigenvalue weighted by atomic mass is 9.87. The van der Waals surface area contributed by atoms with Gasteiger partial charge in [-0.1, -0.05) is 163 Å². The Hall–Kier alpha value is -7.95. The summed E-state index contributed by atoms with van der Waals surface area (Å²) in [5, 5.41) is 8.78. The number of hydrogen-bond acceptors (Lipinski definition) is 4. The smallest absolute Gasteiger partial charge is 0.159 e. The number of aryl methyl sites for hydroxylation is 2. The molecule has 2 aliphatic rings. The molecule has 0 spiro atoms. The Labute approximate surface area is 368 Å². The molecule has 0 bridgehead atoms. The second-order valence-electron chi connectivity index (χ2n) is 16.8. The molecule has 1 aromatic heterocycles. The van der Waals surface area contributed by atoms with Gasteiger partial charge >= 0.3 is 0 Å². The molecule has 300 valence electrons. The van der Waals surface area contributed by atoms with Crippen molar-refractivity contribution in [2.75, 3.05) is 0 Å². The number of aliphatic imine (C=N–C) groups is 2. The maximum Gasteiger partial charge on any atom is 0.159 e. The van der Waals surface area contributed by atoms with Gasteiger partial charge in [0.2, 0.25) is 0 Å². The molecule has 0 radical (unpaired) electrons. The highest BCUT2D eigenvalue weighted by molar-refractivity contribution is 6.15. The van der Waals surface area contributed by atoms with Crippen LogP contribution >= 0.6 is 0 Å². The van der Waals surface area contributed by atoms with Gasteiger partial charge in [-0.05, 0) is 134 Å². The topological polar surface area (TPSA) is 49.6 Å². The largest absolute Gasteiger partial charge is 0.344 e. The van der Waals surface area contributed by atoms with Crippen LogP contribution in [0.2, 0.25) is 0 Å². The Kier molecular flexibility index (Phi) is 9.55. The monoisotopic (exact) mass is 808 g/mol. The number of allylic oxidation sites excluding steroid dienone is 2. The maximum absolute atomic E-state index is 5.29. The first-order valence-corrected chi connectivity index (χ1v) is 21.6. The molecule has 0 amide bonds. The van der Waals surface area contributed by atoms with Crippen LogP contribution in [-0.4, -0.2) is 16.7 Å². The van der Waals surface area contributed by atoms with Gasteiger partial charge in [-0.2, -0.15) is 0 Å². The molecule has 1 aliphatic carbocycles. The predicted octanol–water partition coefficient (Wildman–Crippen LogP) is 14.6. The minimum absolute atomic E-state index is 0.321. The van der Waals surface area contributed by atoms with Crippen LogP contribution in [0.1, 0.15) is 51.5 Å². The second kappa shape index (κ2) is 15.8. The fourth-order valence-corrected chi connectivity index (χ4v) is 9.27. The molecule has 1 atom stereocenters. The van der Waals surface area contributed by atoms with Gasteiger partial charge in [-0.25, -0.2) is 9.98 Å². The van der Waals surface area contributed by atoms with Gasteiger partial charge in [0, 0.05) is 34.6 Å². The van der Waals surface area contributed by atoms with Crippen LogP contribution in [0.15, 0.2) is 205 Å². The minimum Gasteiger partial charge on any atom is -0.344 e. The molecule has 0 saturated carbocycles. The second-order valence-corrected chi connectivity index (χ2v) is 16.8. The number of hydrogen-bond donors (Lipinski definition) is 1. The van der Waals surface area contributed by atoms with Crippen molar-refractivity contribution in [2.24, 2.45) is 9.98 Å². The summed E-state index contributed by atoms with van der Waals surface area (Å²) >= 11 is 0. The van der Waals surface area contributed by atoms with Crippen molar-refractivity contribution < 1.29 is 0 Å². The third kappa shape index (κ3) is 7.26. The molecule has 9 aromatic rings. The third-order valence-corrected chi connectivity index (χ3v) is 12.4. The fourth-order valence-electron chi connectivity index (χ4n) is 9.27. The van der Waals surface area contributed by atoms with Crippen molar-refractivity contribution in [2.45, 2.75) is 26.4 Å². The van der Waals surface area contributed by atoms with Gasteiger partial charge in [0.05, 0.1) is 0 Å². The Balaban J connectivity index is 1.06. The number of amidine groups is 2. The fraction of sp³-hybridized carbons (Fsp3) is 0.0678. The summed E-state index contributed by atoms with van der Waals surface area (Å²) in [5.41, 5.74) is 17.8. The summed E-state index contributed by atoms with van der Waals surface area (Å²) in [4.78, 5) is 15.1. The van der Waals surface area contributed by atoms with E-state index >= 15 is 0 Å². The van der Waals surface area contributed by atoms with E-state index in [9.17, 15) is 0 Å². The van der Waals surface area contributed by atoms with E-state index in [1.54, 1.807) is 0 Å². The molecule has 2 heterocycles. The zero-order valence-corrected chi connectivity index (χ0v) is 35.3. The van der Waals surface area contributed by atoms with Gasteiger partial charge in [0.15, 0.2) is 5.84 Å². The SMILES string of the molecule is C=C1CC=Cc2cncc(-c3cccc(-c4cc(C5=NC(c6cccc(C)c6)=NC(c6cccc(C)c6)N5)cc(-c5ccc(-c6cc7ccccc7c7ccccc67)cc5)c4)c3)c21. The highest BCUT2D eigenvalue weighted by Gasteiger charge is 2.23. The van der Waals surface area contributed by atoms with E-state index < -0.39 is 0 Å². The highest BCUT2D eigenvalue weighted by atomic mass is 15.2. The van der Waals surface area contributed by atoms with Crippen LogP contribution in [0.25, 0.3) is 77.7 Å². The molecule has 11 rings (SSSR count). The quantitative estimate of drug-likeness (QED) is 0.163. The minimum atomic E-state index is -0.321. The van der Waals surface area contributed by atoms with E-state index in [0.29, 0.717) is 5.84 Å². The van der Waals surface area contributed by atoms with E-state index in [2.05, 4.69) is 213 Å². The van der Waals surface area contributed by atoms with E-state index in [1.165, 1.54) is 43.8 Å². The maximum atomic E-state index is 5.29. The zero-order chi connectivity index (χ0) is 42.4. The summed E-state index contributed by atoms with van der Waals surface area (Å²) in [6.45, 7) is 8.67. The van der Waals surface area contributed by atoms with Crippen molar-refractivity contribution in [1.29, 1.82) is 0 Å².